The lowest BCUT2D eigenvalue weighted by molar-refractivity contribution is 0.395. The fourth-order valence-electron chi connectivity index (χ4n) is 1.21. The van der Waals surface area contributed by atoms with E-state index in [9.17, 15) is 4.39 Å². The van der Waals surface area contributed by atoms with Crippen LogP contribution < -0.4 is 5.73 Å². The Balaban J connectivity index is 3.34. The number of halogens is 1. The van der Waals surface area contributed by atoms with E-state index in [1.807, 2.05) is 6.08 Å². The zero-order valence-electron chi connectivity index (χ0n) is 7.93. The maximum atomic E-state index is 11.9. The topological polar surface area (TPSA) is 26.0 Å². The zero-order valence-corrected chi connectivity index (χ0v) is 7.93. The number of alkyl halides is 1. The standard InChI is InChI=1S/C10H20FN/c1-3-9(4-2)6-5-7-10(12)8-11/h3,9-10H,1,4-8,12H2,2H3. The van der Waals surface area contributed by atoms with Crippen molar-refractivity contribution in [2.24, 2.45) is 11.7 Å². The van der Waals surface area contributed by atoms with Crippen molar-refractivity contribution in [1.29, 1.82) is 0 Å². The molecule has 0 saturated heterocycles. The van der Waals surface area contributed by atoms with Crippen molar-refractivity contribution in [2.45, 2.75) is 38.6 Å². The summed E-state index contributed by atoms with van der Waals surface area (Å²) in [4.78, 5) is 0. The fraction of sp³-hybridized carbons (Fsp3) is 0.800. The van der Waals surface area contributed by atoms with Crippen LogP contribution in [0, 0.1) is 5.92 Å². The molecule has 0 bridgehead atoms. The van der Waals surface area contributed by atoms with Gasteiger partial charge in [-0.3, -0.25) is 0 Å². The van der Waals surface area contributed by atoms with Gasteiger partial charge in [0.05, 0.1) is 0 Å². The number of hydrogen-bond donors (Lipinski definition) is 1. The normalized spacial score (nSPS) is 15.6. The number of nitrogens with two attached hydrogens (primary N) is 1. The molecule has 0 aromatic rings. The minimum absolute atomic E-state index is 0.257. The summed E-state index contributed by atoms with van der Waals surface area (Å²) in [6.07, 6.45) is 5.99. The Hall–Kier alpha value is -0.370. The molecule has 0 saturated carbocycles. The molecule has 12 heavy (non-hydrogen) atoms. The van der Waals surface area contributed by atoms with Gasteiger partial charge in [0.15, 0.2) is 0 Å². The van der Waals surface area contributed by atoms with Gasteiger partial charge in [-0.2, -0.15) is 0 Å². The third kappa shape index (κ3) is 5.30. The summed E-state index contributed by atoms with van der Waals surface area (Å²) in [6, 6.07) is -0.257. The summed E-state index contributed by atoms with van der Waals surface area (Å²) in [7, 11) is 0. The van der Waals surface area contributed by atoms with Crippen molar-refractivity contribution in [3.8, 4) is 0 Å². The van der Waals surface area contributed by atoms with Gasteiger partial charge in [-0.25, -0.2) is 4.39 Å². The highest BCUT2D eigenvalue weighted by atomic mass is 19.1. The van der Waals surface area contributed by atoms with E-state index in [0.29, 0.717) is 5.92 Å². The molecule has 0 rings (SSSR count). The molecule has 2 atom stereocenters. The van der Waals surface area contributed by atoms with Crippen molar-refractivity contribution >= 4 is 0 Å². The molecule has 0 amide bonds. The fourth-order valence-corrected chi connectivity index (χ4v) is 1.21. The highest BCUT2D eigenvalue weighted by molar-refractivity contribution is 4.77. The quantitative estimate of drug-likeness (QED) is 0.588. The molecular formula is C10H20FN. The molecule has 0 aliphatic heterocycles. The Kier molecular flexibility index (Phi) is 7.06. The lowest BCUT2D eigenvalue weighted by atomic mass is 9.98. The van der Waals surface area contributed by atoms with Crippen molar-refractivity contribution in [1.82, 2.24) is 0 Å². The van der Waals surface area contributed by atoms with Crippen LogP contribution in [0.2, 0.25) is 0 Å². The first-order valence-electron chi connectivity index (χ1n) is 4.68. The van der Waals surface area contributed by atoms with E-state index < -0.39 is 6.67 Å². The lowest BCUT2D eigenvalue weighted by Gasteiger charge is -2.10. The number of hydrogen-bond acceptors (Lipinski definition) is 1. The number of allylic oxidation sites excluding steroid dienone is 1. The smallest absolute Gasteiger partial charge is 0.104 e. The van der Waals surface area contributed by atoms with Crippen LogP contribution in [0.15, 0.2) is 12.7 Å². The summed E-state index contributed by atoms with van der Waals surface area (Å²) in [5.41, 5.74) is 5.44. The van der Waals surface area contributed by atoms with E-state index in [1.54, 1.807) is 0 Å². The number of rotatable bonds is 7. The highest BCUT2D eigenvalue weighted by Gasteiger charge is 2.04. The van der Waals surface area contributed by atoms with Gasteiger partial charge in [0.1, 0.15) is 6.67 Å². The summed E-state index contributed by atoms with van der Waals surface area (Å²) in [5, 5.41) is 0. The molecule has 0 spiro atoms. The molecular weight excluding hydrogens is 153 g/mol. The van der Waals surface area contributed by atoms with Crippen molar-refractivity contribution in [2.75, 3.05) is 6.67 Å². The van der Waals surface area contributed by atoms with Gasteiger partial charge >= 0.3 is 0 Å². The van der Waals surface area contributed by atoms with Crippen molar-refractivity contribution < 1.29 is 4.39 Å². The Bertz CT molecular complexity index is 114. The molecule has 0 aliphatic carbocycles. The molecule has 2 heteroatoms. The largest absolute Gasteiger partial charge is 0.325 e. The van der Waals surface area contributed by atoms with Crippen molar-refractivity contribution in [3.05, 3.63) is 12.7 Å². The van der Waals surface area contributed by atoms with Crippen LogP contribution in [0.3, 0.4) is 0 Å². The Labute approximate surface area is 74.8 Å². The predicted molar refractivity (Wildman–Crippen MR) is 51.8 cm³/mol. The molecule has 72 valence electrons. The van der Waals surface area contributed by atoms with E-state index in [2.05, 4.69) is 13.5 Å². The van der Waals surface area contributed by atoms with Crippen LogP contribution in [0.1, 0.15) is 32.6 Å². The van der Waals surface area contributed by atoms with E-state index >= 15 is 0 Å². The van der Waals surface area contributed by atoms with Gasteiger partial charge < -0.3 is 5.73 Å². The van der Waals surface area contributed by atoms with Gasteiger partial charge in [-0.1, -0.05) is 19.4 Å². The van der Waals surface area contributed by atoms with E-state index in [0.717, 1.165) is 25.7 Å². The van der Waals surface area contributed by atoms with E-state index in [1.165, 1.54) is 0 Å². The Morgan fingerprint density at radius 3 is 2.58 bits per heavy atom. The molecule has 2 N–H and O–H groups in total. The molecule has 0 fully saturated rings. The molecule has 1 nitrogen and oxygen atoms in total. The summed E-state index contributed by atoms with van der Waals surface area (Å²) in [5.74, 6) is 0.580. The van der Waals surface area contributed by atoms with Gasteiger partial charge in [0.2, 0.25) is 0 Å². The van der Waals surface area contributed by atoms with Gasteiger partial charge in [0.25, 0.3) is 0 Å². The molecule has 2 unspecified atom stereocenters. The maximum absolute atomic E-state index is 11.9. The SMILES string of the molecule is C=CC(CC)CCCC(N)CF. The van der Waals surface area contributed by atoms with E-state index in [4.69, 9.17) is 5.73 Å². The van der Waals surface area contributed by atoms with Crippen LogP contribution in [0.25, 0.3) is 0 Å². The van der Waals surface area contributed by atoms with Crippen LogP contribution >= 0.6 is 0 Å². The molecule has 0 radical (unpaired) electrons. The predicted octanol–water partition coefficient (Wildman–Crippen LogP) is 2.67. The lowest BCUT2D eigenvalue weighted by Crippen LogP contribution is -2.21. The highest BCUT2D eigenvalue weighted by Crippen LogP contribution is 2.13. The van der Waals surface area contributed by atoms with E-state index in [-0.39, 0.29) is 6.04 Å². The molecule has 0 aromatic carbocycles. The summed E-state index contributed by atoms with van der Waals surface area (Å²) in [6.45, 7) is 5.49. The minimum atomic E-state index is -0.398. The monoisotopic (exact) mass is 173 g/mol. The molecule has 0 aromatic heterocycles. The van der Waals surface area contributed by atoms with Crippen LogP contribution in [0.4, 0.5) is 4.39 Å². The summed E-state index contributed by atoms with van der Waals surface area (Å²) < 4.78 is 11.9. The van der Waals surface area contributed by atoms with Crippen molar-refractivity contribution in [3.63, 3.8) is 0 Å². The average molecular weight is 173 g/mol. The maximum Gasteiger partial charge on any atom is 0.104 e. The minimum Gasteiger partial charge on any atom is -0.325 e. The first kappa shape index (κ1) is 11.6. The Morgan fingerprint density at radius 1 is 1.50 bits per heavy atom. The van der Waals surface area contributed by atoms with Crippen LogP contribution in [-0.2, 0) is 0 Å². The first-order chi connectivity index (χ1) is 5.74. The second-order valence-corrected chi connectivity index (χ2v) is 3.25. The first-order valence-corrected chi connectivity index (χ1v) is 4.68. The third-order valence-corrected chi connectivity index (χ3v) is 2.21. The second kappa shape index (κ2) is 7.29. The van der Waals surface area contributed by atoms with Crippen LogP contribution in [-0.4, -0.2) is 12.7 Å². The van der Waals surface area contributed by atoms with Crippen LogP contribution in [0.5, 0.6) is 0 Å². The Morgan fingerprint density at radius 2 is 2.17 bits per heavy atom. The van der Waals surface area contributed by atoms with Gasteiger partial charge in [-0.05, 0) is 25.2 Å². The zero-order chi connectivity index (χ0) is 9.40. The average Bonchev–Trinajstić information content (AvgIpc) is 2.12. The third-order valence-electron chi connectivity index (χ3n) is 2.21. The second-order valence-electron chi connectivity index (χ2n) is 3.25. The molecule has 0 aliphatic rings. The van der Waals surface area contributed by atoms with Gasteiger partial charge in [-0.15, -0.1) is 6.58 Å². The molecule has 0 heterocycles. The van der Waals surface area contributed by atoms with Gasteiger partial charge in [0, 0.05) is 6.04 Å². The summed E-state index contributed by atoms with van der Waals surface area (Å²) >= 11 is 0.